The lowest BCUT2D eigenvalue weighted by Gasteiger charge is -2.30. The molecule has 1 fully saturated rings. The molecule has 0 radical (unpaired) electrons. The summed E-state index contributed by atoms with van der Waals surface area (Å²) in [5.74, 6) is 2.12. The van der Waals surface area contributed by atoms with Crippen molar-refractivity contribution < 1.29 is 4.39 Å². The van der Waals surface area contributed by atoms with Crippen LogP contribution in [-0.4, -0.2) is 31.1 Å². The van der Waals surface area contributed by atoms with E-state index in [1.54, 1.807) is 6.07 Å². The number of nitrogens with zero attached hydrogens (tertiary/aromatic N) is 1. The Bertz CT molecular complexity index is 351. The fourth-order valence-corrected chi connectivity index (χ4v) is 2.94. The Labute approximate surface area is 100 Å². The van der Waals surface area contributed by atoms with Gasteiger partial charge in [0.1, 0.15) is 5.82 Å². The van der Waals surface area contributed by atoms with Crippen molar-refractivity contribution in [3.63, 3.8) is 0 Å². The molecular weight excluding hydrogens is 223 g/mol. The lowest BCUT2D eigenvalue weighted by atomic mass is 10.1. The molecule has 2 rings (SSSR count). The molecule has 88 valence electrons. The number of anilines is 1. The summed E-state index contributed by atoms with van der Waals surface area (Å²) in [7, 11) is 0. The molecule has 0 aromatic heterocycles. The molecule has 1 heterocycles. The Morgan fingerprint density at radius 1 is 1.31 bits per heavy atom. The maximum absolute atomic E-state index is 13.7. The van der Waals surface area contributed by atoms with E-state index >= 15 is 0 Å². The van der Waals surface area contributed by atoms with Crippen molar-refractivity contribution in [2.75, 3.05) is 36.0 Å². The van der Waals surface area contributed by atoms with E-state index in [2.05, 4.69) is 4.90 Å². The van der Waals surface area contributed by atoms with Gasteiger partial charge in [-0.15, -0.1) is 0 Å². The minimum Gasteiger partial charge on any atom is -0.370 e. The topological polar surface area (TPSA) is 29.3 Å². The van der Waals surface area contributed by atoms with Gasteiger partial charge < -0.3 is 10.6 Å². The molecule has 1 saturated heterocycles. The summed E-state index contributed by atoms with van der Waals surface area (Å²) in [6.07, 6.45) is 0.617. The van der Waals surface area contributed by atoms with E-state index in [9.17, 15) is 4.39 Å². The highest BCUT2D eigenvalue weighted by atomic mass is 32.2. The molecule has 0 saturated carbocycles. The van der Waals surface area contributed by atoms with Crippen LogP contribution in [-0.2, 0) is 6.42 Å². The van der Waals surface area contributed by atoms with E-state index in [1.165, 1.54) is 6.07 Å². The van der Waals surface area contributed by atoms with Gasteiger partial charge in [-0.3, -0.25) is 0 Å². The summed E-state index contributed by atoms with van der Waals surface area (Å²) in [6, 6.07) is 5.31. The standard InChI is InChI=1S/C12H17FN2S/c13-11-2-1-3-12(10(11)4-5-14)15-6-8-16-9-7-15/h1-3H,4-9,14H2. The zero-order valence-corrected chi connectivity index (χ0v) is 10.1. The Morgan fingerprint density at radius 2 is 2.06 bits per heavy atom. The first-order chi connectivity index (χ1) is 7.83. The van der Waals surface area contributed by atoms with Crippen molar-refractivity contribution in [1.82, 2.24) is 0 Å². The molecule has 0 amide bonds. The van der Waals surface area contributed by atoms with Gasteiger partial charge in [0.05, 0.1) is 0 Å². The molecule has 1 aliphatic heterocycles. The molecular formula is C12H17FN2S. The maximum atomic E-state index is 13.7. The largest absolute Gasteiger partial charge is 0.370 e. The average Bonchev–Trinajstić information content (AvgIpc) is 2.33. The number of benzene rings is 1. The van der Waals surface area contributed by atoms with Gasteiger partial charge in [0.2, 0.25) is 0 Å². The average molecular weight is 240 g/mol. The van der Waals surface area contributed by atoms with Gasteiger partial charge >= 0.3 is 0 Å². The van der Waals surface area contributed by atoms with E-state index in [-0.39, 0.29) is 5.82 Å². The second-order valence-corrected chi connectivity index (χ2v) is 5.10. The van der Waals surface area contributed by atoms with Crippen LogP contribution in [0.4, 0.5) is 10.1 Å². The van der Waals surface area contributed by atoms with Crippen LogP contribution in [0.5, 0.6) is 0 Å². The first kappa shape index (κ1) is 11.7. The van der Waals surface area contributed by atoms with Crippen molar-refractivity contribution in [2.45, 2.75) is 6.42 Å². The highest BCUT2D eigenvalue weighted by molar-refractivity contribution is 7.99. The lowest BCUT2D eigenvalue weighted by molar-refractivity contribution is 0.608. The number of rotatable bonds is 3. The quantitative estimate of drug-likeness (QED) is 0.874. The molecule has 0 atom stereocenters. The highest BCUT2D eigenvalue weighted by Crippen LogP contribution is 2.26. The Kier molecular flexibility index (Phi) is 4.07. The Hall–Kier alpha value is -0.740. The summed E-state index contributed by atoms with van der Waals surface area (Å²) in [5, 5.41) is 0. The number of thioether (sulfide) groups is 1. The number of hydrogen-bond donors (Lipinski definition) is 1. The normalized spacial score (nSPS) is 16.5. The van der Waals surface area contributed by atoms with Crippen molar-refractivity contribution in [2.24, 2.45) is 5.73 Å². The van der Waals surface area contributed by atoms with Crippen molar-refractivity contribution in [3.8, 4) is 0 Å². The van der Waals surface area contributed by atoms with Gasteiger partial charge in [-0.2, -0.15) is 11.8 Å². The summed E-state index contributed by atoms with van der Waals surface area (Å²) < 4.78 is 13.7. The predicted octanol–water partition coefficient (Wildman–Crippen LogP) is 1.88. The van der Waals surface area contributed by atoms with Crippen LogP contribution in [0.15, 0.2) is 18.2 Å². The summed E-state index contributed by atoms with van der Waals surface area (Å²) in [5.41, 5.74) is 7.35. The second kappa shape index (κ2) is 5.55. The van der Waals surface area contributed by atoms with E-state index in [1.807, 2.05) is 17.8 Å². The molecule has 4 heteroatoms. The first-order valence-corrected chi connectivity index (χ1v) is 6.78. The van der Waals surface area contributed by atoms with Gasteiger partial charge in [-0.05, 0) is 25.1 Å². The van der Waals surface area contributed by atoms with Crippen LogP contribution in [0.2, 0.25) is 0 Å². The maximum Gasteiger partial charge on any atom is 0.128 e. The summed E-state index contributed by atoms with van der Waals surface area (Å²) in [4.78, 5) is 2.27. The second-order valence-electron chi connectivity index (χ2n) is 3.88. The molecule has 0 bridgehead atoms. The summed E-state index contributed by atoms with van der Waals surface area (Å²) in [6.45, 7) is 2.51. The van der Waals surface area contributed by atoms with Crippen LogP contribution < -0.4 is 10.6 Å². The minimum atomic E-state index is -0.124. The van der Waals surface area contributed by atoms with Crippen LogP contribution in [0.1, 0.15) is 5.56 Å². The SMILES string of the molecule is NCCc1c(F)cccc1N1CCSCC1. The fraction of sp³-hybridized carbons (Fsp3) is 0.500. The third-order valence-corrected chi connectivity index (χ3v) is 3.78. The van der Waals surface area contributed by atoms with Crippen LogP contribution >= 0.6 is 11.8 Å². The molecule has 0 unspecified atom stereocenters. The molecule has 2 nitrogen and oxygen atoms in total. The molecule has 1 aromatic rings. The first-order valence-electron chi connectivity index (χ1n) is 5.63. The molecule has 2 N–H and O–H groups in total. The number of hydrogen-bond acceptors (Lipinski definition) is 3. The Balaban J connectivity index is 2.27. The highest BCUT2D eigenvalue weighted by Gasteiger charge is 2.16. The van der Waals surface area contributed by atoms with Gasteiger partial charge in [0.15, 0.2) is 0 Å². The van der Waals surface area contributed by atoms with E-state index < -0.39 is 0 Å². The van der Waals surface area contributed by atoms with E-state index in [0.717, 1.165) is 35.8 Å². The van der Waals surface area contributed by atoms with Gasteiger partial charge in [0, 0.05) is 35.8 Å². The zero-order valence-electron chi connectivity index (χ0n) is 9.29. The Morgan fingerprint density at radius 3 is 2.75 bits per heavy atom. The van der Waals surface area contributed by atoms with Gasteiger partial charge in [-0.25, -0.2) is 4.39 Å². The monoisotopic (exact) mass is 240 g/mol. The fourth-order valence-electron chi connectivity index (χ4n) is 2.04. The smallest absolute Gasteiger partial charge is 0.128 e. The van der Waals surface area contributed by atoms with E-state index in [0.29, 0.717) is 13.0 Å². The summed E-state index contributed by atoms with van der Waals surface area (Å²) >= 11 is 1.96. The van der Waals surface area contributed by atoms with Gasteiger partial charge in [-0.1, -0.05) is 6.07 Å². The molecule has 0 aliphatic carbocycles. The van der Waals surface area contributed by atoms with Crippen LogP contribution in [0.25, 0.3) is 0 Å². The van der Waals surface area contributed by atoms with E-state index in [4.69, 9.17) is 5.73 Å². The van der Waals surface area contributed by atoms with Crippen molar-refractivity contribution >= 4 is 17.4 Å². The van der Waals surface area contributed by atoms with Gasteiger partial charge in [0.25, 0.3) is 0 Å². The van der Waals surface area contributed by atoms with Crippen LogP contribution in [0, 0.1) is 5.82 Å². The molecule has 1 aliphatic rings. The lowest BCUT2D eigenvalue weighted by Crippen LogP contribution is -2.33. The zero-order chi connectivity index (χ0) is 11.4. The van der Waals surface area contributed by atoms with Crippen molar-refractivity contribution in [1.29, 1.82) is 0 Å². The third kappa shape index (κ3) is 2.50. The van der Waals surface area contributed by atoms with Crippen molar-refractivity contribution in [3.05, 3.63) is 29.6 Å². The number of halogens is 1. The van der Waals surface area contributed by atoms with Crippen LogP contribution in [0.3, 0.4) is 0 Å². The minimum absolute atomic E-state index is 0.124. The predicted molar refractivity (Wildman–Crippen MR) is 68.7 cm³/mol. The molecule has 0 spiro atoms. The third-order valence-electron chi connectivity index (χ3n) is 2.84. The number of nitrogens with two attached hydrogens (primary N) is 1. The molecule has 1 aromatic carbocycles. The molecule has 16 heavy (non-hydrogen) atoms.